The lowest BCUT2D eigenvalue weighted by Crippen LogP contribution is -2.56. The second-order valence-electron chi connectivity index (χ2n) is 7.73. The standard InChI is InChI=1S/C21H33N3O4/c1-13(2)11-16(23-20(26)18(22)14(3)4)19(25)24-17(21(27)28-5)12-15-9-7-6-8-10-15/h6-10,13-14,16-18H,11-12,22H2,1-5H3,(H,23,26)(H,24,25)/t16-,17-,18-/m1/s1. The SMILES string of the molecule is COC(=O)[C@@H](Cc1ccccc1)NC(=O)[C@@H](CC(C)C)NC(=O)[C@H](N)C(C)C. The number of methoxy groups -OCH3 is 1. The van der Waals surface area contributed by atoms with Crippen LogP contribution in [-0.2, 0) is 25.5 Å². The highest BCUT2D eigenvalue weighted by Crippen LogP contribution is 2.09. The van der Waals surface area contributed by atoms with E-state index in [0.29, 0.717) is 12.8 Å². The van der Waals surface area contributed by atoms with E-state index in [0.717, 1.165) is 5.56 Å². The fourth-order valence-corrected chi connectivity index (χ4v) is 2.73. The fourth-order valence-electron chi connectivity index (χ4n) is 2.73. The summed E-state index contributed by atoms with van der Waals surface area (Å²) in [5.41, 5.74) is 6.79. The minimum absolute atomic E-state index is 0.0522. The Hall–Kier alpha value is -2.41. The number of hydrogen-bond acceptors (Lipinski definition) is 5. The average molecular weight is 392 g/mol. The van der Waals surface area contributed by atoms with Gasteiger partial charge in [0.2, 0.25) is 11.8 Å². The van der Waals surface area contributed by atoms with E-state index in [1.807, 2.05) is 58.0 Å². The summed E-state index contributed by atoms with van der Waals surface area (Å²) in [5, 5.41) is 5.45. The first-order chi connectivity index (χ1) is 13.1. The van der Waals surface area contributed by atoms with Gasteiger partial charge < -0.3 is 21.1 Å². The summed E-state index contributed by atoms with van der Waals surface area (Å²) in [7, 11) is 1.28. The summed E-state index contributed by atoms with van der Waals surface area (Å²) in [5.74, 6) is -1.23. The molecule has 1 aromatic carbocycles. The predicted molar refractivity (Wildman–Crippen MR) is 108 cm³/mol. The number of nitrogens with two attached hydrogens (primary N) is 1. The predicted octanol–water partition coefficient (Wildman–Crippen LogP) is 1.40. The topological polar surface area (TPSA) is 111 Å². The van der Waals surface area contributed by atoms with Crippen molar-refractivity contribution in [3.63, 3.8) is 0 Å². The highest BCUT2D eigenvalue weighted by Gasteiger charge is 2.29. The average Bonchev–Trinajstić information content (AvgIpc) is 2.65. The Morgan fingerprint density at radius 2 is 1.54 bits per heavy atom. The normalized spacial score (nSPS) is 14.3. The molecule has 0 heterocycles. The molecule has 1 rings (SSSR count). The maximum absolute atomic E-state index is 12.9. The van der Waals surface area contributed by atoms with Crippen LogP contribution in [0.4, 0.5) is 0 Å². The summed E-state index contributed by atoms with van der Waals surface area (Å²) < 4.78 is 4.84. The molecule has 0 spiro atoms. The Balaban J connectivity index is 2.91. The van der Waals surface area contributed by atoms with Gasteiger partial charge in [0.15, 0.2) is 0 Å². The van der Waals surface area contributed by atoms with E-state index in [1.54, 1.807) is 0 Å². The molecule has 28 heavy (non-hydrogen) atoms. The van der Waals surface area contributed by atoms with Gasteiger partial charge in [-0.3, -0.25) is 9.59 Å². The smallest absolute Gasteiger partial charge is 0.328 e. The van der Waals surface area contributed by atoms with E-state index >= 15 is 0 Å². The van der Waals surface area contributed by atoms with Crippen molar-refractivity contribution in [2.75, 3.05) is 7.11 Å². The lowest BCUT2D eigenvalue weighted by molar-refractivity contribution is -0.145. The van der Waals surface area contributed by atoms with Gasteiger partial charge in [-0.25, -0.2) is 4.79 Å². The molecule has 0 radical (unpaired) electrons. The van der Waals surface area contributed by atoms with Gasteiger partial charge in [-0.2, -0.15) is 0 Å². The number of carbonyl (C=O) groups is 3. The van der Waals surface area contributed by atoms with Gasteiger partial charge in [-0.1, -0.05) is 58.0 Å². The minimum Gasteiger partial charge on any atom is -0.467 e. The molecule has 0 saturated heterocycles. The summed E-state index contributed by atoms with van der Waals surface area (Å²) in [4.78, 5) is 37.4. The molecule has 3 atom stereocenters. The molecule has 7 heteroatoms. The van der Waals surface area contributed by atoms with Crippen LogP contribution < -0.4 is 16.4 Å². The fraction of sp³-hybridized carbons (Fsp3) is 0.571. The third kappa shape index (κ3) is 7.68. The molecule has 7 nitrogen and oxygen atoms in total. The second-order valence-corrected chi connectivity index (χ2v) is 7.73. The van der Waals surface area contributed by atoms with Crippen LogP contribution in [0.2, 0.25) is 0 Å². The van der Waals surface area contributed by atoms with Gasteiger partial charge in [-0.15, -0.1) is 0 Å². The van der Waals surface area contributed by atoms with Crippen LogP contribution in [0.5, 0.6) is 0 Å². The van der Waals surface area contributed by atoms with Crippen molar-refractivity contribution in [3.8, 4) is 0 Å². The molecule has 2 amide bonds. The minimum atomic E-state index is -0.842. The zero-order chi connectivity index (χ0) is 21.3. The van der Waals surface area contributed by atoms with E-state index in [4.69, 9.17) is 10.5 Å². The van der Waals surface area contributed by atoms with Crippen molar-refractivity contribution in [2.45, 2.75) is 58.7 Å². The first-order valence-corrected chi connectivity index (χ1v) is 9.63. The lowest BCUT2D eigenvalue weighted by Gasteiger charge is -2.25. The first kappa shape index (κ1) is 23.6. The Kier molecular flexibility index (Phi) is 9.65. The molecule has 156 valence electrons. The van der Waals surface area contributed by atoms with E-state index < -0.39 is 30.0 Å². The molecule has 1 aromatic rings. The third-order valence-corrected chi connectivity index (χ3v) is 4.45. The zero-order valence-electron chi connectivity index (χ0n) is 17.4. The Morgan fingerprint density at radius 3 is 2.04 bits per heavy atom. The Morgan fingerprint density at radius 1 is 0.964 bits per heavy atom. The van der Waals surface area contributed by atoms with Crippen LogP contribution in [0.15, 0.2) is 30.3 Å². The molecule has 0 aliphatic carbocycles. The van der Waals surface area contributed by atoms with Crippen LogP contribution in [-0.4, -0.2) is 43.0 Å². The van der Waals surface area contributed by atoms with Gasteiger partial charge in [-0.05, 0) is 23.8 Å². The highest BCUT2D eigenvalue weighted by molar-refractivity contribution is 5.92. The molecule has 0 saturated carbocycles. The summed E-state index contributed by atoms with van der Waals surface area (Å²) >= 11 is 0. The van der Waals surface area contributed by atoms with Crippen LogP contribution in [0, 0.1) is 11.8 Å². The van der Waals surface area contributed by atoms with Gasteiger partial charge in [0.1, 0.15) is 12.1 Å². The maximum Gasteiger partial charge on any atom is 0.328 e. The van der Waals surface area contributed by atoms with E-state index in [1.165, 1.54) is 7.11 Å². The summed E-state index contributed by atoms with van der Waals surface area (Å²) in [6.45, 7) is 7.59. The highest BCUT2D eigenvalue weighted by atomic mass is 16.5. The molecule has 0 bridgehead atoms. The number of esters is 1. The molecule has 0 fully saturated rings. The molecule has 4 N–H and O–H groups in total. The largest absolute Gasteiger partial charge is 0.467 e. The Labute approximate surface area is 167 Å². The summed E-state index contributed by atoms with van der Waals surface area (Å²) in [6.07, 6.45) is 0.731. The summed E-state index contributed by atoms with van der Waals surface area (Å²) in [6, 6.07) is 7.02. The number of carbonyl (C=O) groups excluding carboxylic acids is 3. The Bertz CT molecular complexity index is 646. The van der Waals surface area contributed by atoms with Crippen LogP contribution in [0.1, 0.15) is 39.7 Å². The van der Waals surface area contributed by atoms with Crippen molar-refractivity contribution >= 4 is 17.8 Å². The lowest BCUT2D eigenvalue weighted by atomic mass is 9.99. The monoisotopic (exact) mass is 391 g/mol. The van der Waals surface area contributed by atoms with Crippen molar-refractivity contribution in [1.82, 2.24) is 10.6 Å². The molecular weight excluding hydrogens is 358 g/mol. The van der Waals surface area contributed by atoms with E-state index in [9.17, 15) is 14.4 Å². The van der Waals surface area contributed by atoms with Crippen molar-refractivity contribution < 1.29 is 19.1 Å². The number of hydrogen-bond donors (Lipinski definition) is 3. The number of nitrogens with one attached hydrogen (secondary N) is 2. The van der Waals surface area contributed by atoms with Gasteiger partial charge >= 0.3 is 5.97 Å². The number of rotatable bonds is 10. The van der Waals surface area contributed by atoms with Gasteiger partial charge in [0.25, 0.3) is 0 Å². The van der Waals surface area contributed by atoms with Crippen molar-refractivity contribution in [1.29, 1.82) is 0 Å². The first-order valence-electron chi connectivity index (χ1n) is 9.63. The number of ether oxygens (including phenoxy) is 1. The van der Waals surface area contributed by atoms with Crippen LogP contribution in [0.3, 0.4) is 0 Å². The maximum atomic E-state index is 12.9. The molecular formula is C21H33N3O4. The number of benzene rings is 1. The molecule has 0 aromatic heterocycles. The molecule has 0 aliphatic rings. The van der Waals surface area contributed by atoms with Gasteiger partial charge in [0, 0.05) is 6.42 Å². The molecule has 0 unspecified atom stereocenters. The molecule has 0 aliphatic heterocycles. The quantitative estimate of drug-likeness (QED) is 0.522. The van der Waals surface area contributed by atoms with Crippen molar-refractivity contribution in [3.05, 3.63) is 35.9 Å². The third-order valence-electron chi connectivity index (χ3n) is 4.45. The second kappa shape index (κ2) is 11.4. The van der Waals surface area contributed by atoms with Crippen LogP contribution >= 0.6 is 0 Å². The van der Waals surface area contributed by atoms with E-state index in [-0.39, 0.29) is 17.7 Å². The van der Waals surface area contributed by atoms with E-state index in [2.05, 4.69) is 10.6 Å². The van der Waals surface area contributed by atoms with Crippen LogP contribution in [0.25, 0.3) is 0 Å². The van der Waals surface area contributed by atoms with Crippen molar-refractivity contribution in [2.24, 2.45) is 17.6 Å². The zero-order valence-corrected chi connectivity index (χ0v) is 17.4. The van der Waals surface area contributed by atoms with Gasteiger partial charge in [0.05, 0.1) is 13.2 Å². The number of amides is 2.